The van der Waals surface area contributed by atoms with Crippen LogP contribution in [0.1, 0.15) is 18.4 Å². The quantitative estimate of drug-likeness (QED) is 0.704. The highest BCUT2D eigenvalue weighted by molar-refractivity contribution is 5.93. The largest absolute Gasteiger partial charge is 0.419 e. The van der Waals surface area contributed by atoms with Gasteiger partial charge in [0.1, 0.15) is 5.82 Å². The van der Waals surface area contributed by atoms with Gasteiger partial charge in [0, 0.05) is 31.7 Å². The second kappa shape index (κ2) is 8.13. The van der Waals surface area contributed by atoms with Gasteiger partial charge in [0.25, 0.3) is 0 Å². The van der Waals surface area contributed by atoms with Crippen LogP contribution < -0.4 is 10.2 Å². The summed E-state index contributed by atoms with van der Waals surface area (Å²) in [6, 6.07) is 7.49. The fraction of sp³-hybridized carbons (Fsp3) is 0.300. The van der Waals surface area contributed by atoms with Gasteiger partial charge in [-0.1, -0.05) is 0 Å². The maximum Gasteiger partial charge on any atom is 0.419 e. The standard InChI is InChI=1S/C20H19F3N6O/c21-20(22,23)16-5-1-8-24-18(16)28-10-2-4-14(13-28)19(30)27-15-6-7-17(25-12-15)29-11-3-9-26-29/h1,3,5-9,11-12,14H,2,4,10,13H2,(H,27,30)/t14-/m0/s1. The number of rotatable bonds is 4. The van der Waals surface area contributed by atoms with Crippen LogP contribution in [0.15, 0.2) is 55.1 Å². The van der Waals surface area contributed by atoms with E-state index in [1.165, 1.54) is 23.4 Å². The van der Waals surface area contributed by atoms with Crippen LogP contribution in [0.2, 0.25) is 0 Å². The van der Waals surface area contributed by atoms with Gasteiger partial charge < -0.3 is 10.2 Å². The van der Waals surface area contributed by atoms with Crippen LogP contribution in [0, 0.1) is 5.92 Å². The second-order valence-corrected chi connectivity index (χ2v) is 7.00. The summed E-state index contributed by atoms with van der Waals surface area (Å²) in [5.74, 6) is -0.227. The number of nitrogens with zero attached hydrogens (tertiary/aromatic N) is 5. The van der Waals surface area contributed by atoms with Gasteiger partial charge in [0.05, 0.1) is 23.4 Å². The summed E-state index contributed by atoms with van der Waals surface area (Å²) in [5, 5.41) is 6.89. The van der Waals surface area contributed by atoms with Gasteiger partial charge >= 0.3 is 6.18 Å². The van der Waals surface area contributed by atoms with E-state index in [1.54, 1.807) is 35.3 Å². The van der Waals surface area contributed by atoms with E-state index in [2.05, 4.69) is 20.4 Å². The maximum absolute atomic E-state index is 13.3. The summed E-state index contributed by atoms with van der Waals surface area (Å²) >= 11 is 0. The van der Waals surface area contributed by atoms with E-state index in [9.17, 15) is 18.0 Å². The number of carbonyl (C=O) groups is 1. The lowest BCUT2D eigenvalue weighted by Gasteiger charge is -2.34. The average molecular weight is 416 g/mol. The summed E-state index contributed by atoms with van der Waals surface area (Å²) in [6.45, 7) is 0.592. The fourth-order valence-electron chi connectivity index (χ4n) is 3.50. The first-order valence-electron chi connectivity index (χ1n) is 9.46. The molecule has 1 aliphatic rings. The third-order valence-corrected chi connectivity index (χ3v) is 4.94. The number of amides is 1. The first-order valence-corrected chi connectivity index (χ1v) is 9.46. The molecule has 1 aliphatic heterocycles. The SMILES string of the molecule is O=C(Nc1ccc(-n2cccn2)nc1)[C@H]1CCCN(c2ncccc2C(F)(F)F)C1. The van der Waals surface area contributed by atoms with E-state index in [0.717, 1.165) is 6.07 Å². The number of hydrogen-bond acceptors (Lipinski definition) is 5. The van der Waals surface area contributed by atoms with Gasteiger partial charge in [-0.25, -0.2) is 14.6 Å². The summed E-state index contributed by atoms with van der Waals surface area (Å²) in [5.41, 5.74) is -0.272. The number of piperidine rings is 1. The summed E-state index contributed by atoms with van der Waals surface area (Å²) in [7, 11) is 0. The van der Waals surface area contributed by atoms with Crippen LogP contribution in [-0.4, -0.2) is 38.7 Å². The van der Waals surface area contributed by atoms with Crippen molar-refractivity contribution in [2.75, 3.05) is 23.3 Å². The van der Waals surface area contributed by atoms with E-state index in [1.807, 2.05) is 0 Å². The smallest absolute Gasteiger partial charge is 0.355 e. The molecule has 0 bridgehead atoms. The number of hydrogen-bond donors (Lipinski definition) is 1. The molecule has 30 heavy (non-hydrogen) atoms. The zero-order valence-corrected chi connectivity index (χ0v) is 15.9. The molecular weight excluding hydrogens is 397 g/mol. The van der Waals surface area contributed by atoms with Gasteiger partial charge in [0.15, 0.2) is 5.82 Å². The highest BCUT2D eigenvalue weighted by Gasteiger charge is 2.37. The van der Waals surface area contributed by atoms with Gasteiger partial charge in [-0.3, -0.25) is 4.79 Å². The molecule has 0 unspecified atom stereocenters. The molecule has 1 fully saturated rings. The van der Waals surface area contributed by atoms with E-state index in [-0.39, 0.29) is 18.3 Å². The Morgan fingerprint density at radius 2 is 2.00 bits per heavy atom. The van der Waals surface area contributed by atoms with Crippen LogP contribution in [-0.2, 0) is 11.0 Å². The Bertz CT molecular complexity index is 1000. The topological polar surface area (TPSA) is 75.9 Å². The van der Waals surface area contributed by atoms with Crippen molar-refractivity contribution in [2.24, 2.45) is 5.92 Å². The van der Waals surface area contributed by atoms with Crippen LogP contribution in [0.4, 0.5) is 24.7 Å². The highest BCUT2D eigenvalue weighted by atomic mass is 19.4. The lowest BCUT2D eigenvalue weighted by atomic mass is 9.96. The third-order valence-electron chi connectivity index (χ3n) is 4.94. The van der Waals surface area contributed by atoms with Gasteiger partial charge in [-0.15, -0.1) is 0 Å². The molecule has 10 heteroatoms. The van der Waals surface area contributed by atoms with Gasteiger partial charge in [-0.2, -0.15) is 18.3 Å². The van der Waals surface area contributed by atoms with Crippen LogP contribution >= 0.6 is 0 Å². The van der Waals surface area contributed by atoms with Gasteiger partial charge in [-0.05, 0) is 43.2 Å². The van der Waals surface area contributed by atoms with Crippen LogP contribution in [0.3, 0.4) is 0 Å². The molecule has 4 heterocycles. The van der Waals surface area contributed by atoms with Crippen molar-refractivity contribution in [1.82, 2.24) is 19.7 Å². The summed E-state index contributed by atoms with van der Waals surface area (Å²) in [6.07, 6.45) is 2.94. The van der Waals surface area contributed by atoms with E-state index < -0.39 is 17.7 Å². The minimum Gasteiger partial charge on any atom is -0.355 e. The zero-order valence-electron chi connectivity index (χ0n) is 15.9. The Morgan fingerprint density at radius 1 is 1.13 bits per heavy atom. The lowest BCUT2D eigenvalue weighted by Crippen LogP contribution is -2.42. The molecule has 0 saturated carbocycles. The molecule has 156 valence electrons. The van der Waals surface area contributed by atoms with Crippen molar-refractivity contribution in [3.8, 4) is 5.82 Å². The number of pyridine rings is 2. The van der Waals surface area contributed by atoms with Crippen LogP contribution in [0.5, 0.6) is 0 Å². The molecule has 1 N–H and O–H groups in total. The van der Waals surface area contributed by atoms with Crippen LogP contribution in [0.25, 0.3) is 5.82 Å². The first-order chi connectivity index (χ1) is 14.4. The molecule has 4 rings (SSSR count). The van der Waals surface area contributed by atoms with Crippen molar-refractivity contribution in [2.45, 2.75) is 19.0 Å². The number of nitrogens with one attached hydrogen (secondary N) is 1. The third kappa shape index (κ3) is 4.27. The average Bonchev–Trinajstić information content (AvgIpc) is 3.29. The number of aromatic nitrogens is 4. The lowest BCUT2D eigenvalue weighted by molar-refractivity contribution is -0.137. The monoisotopic (exact) mass is 416 g/mol. The van der Waals surface area contributed by atoms with Crippen molar-refractivity contribution in [3.63, 3.8) is 0 Å². The van der Waals surface area contributed by atoms with Gasteiger partial charge in [0.2, 0.25) is 5.91 Å². The Hall–Kier alpha value is -3.43. The Morgan fingerprint density at radius 3 is 2.70 bits per heavy atom. The summed E-state index contributed by atoms with van der Waals surface area (Å²) < 4.78 is 41.6. The molecule has 0 aromatic carbocycles. The summed E-state index contributed by atoms with van der Waals surface area (Å²) in [4.78, 5) is 22.4. The number of halogens is 3. The zero-order chi connectivity index (χ0) is 21.1. The molecule has 3 aromatic rings. The Balaban J connectivity index is 1.44. The van der Waals surface area contributed by atoms with Crippen molar-refractivity contribution >= 4 is 17.4 Å². The number of anilines is 2. The molecule has 0 radical (unpaired) electrons. The Kier molecular flexibility index (Phi) is 5.39. The molecule has 1 amide bonds. The van der Waals surface area contributed by atoms with Crippen molar-refractivity contribution in [3.05, 3.63) is 60.7 Å². The van der Waals surface area contributed by atoms with Crippen molar-refractivity contribution < 1.29 is 18.0 Å². The van der Waals surface area contributed by atoms with Crippen molar-refractivity contribution in [1.29, 1.82) is 0 Å². The first kappa shape index (κ1) is 19.9. The predicted molar refractivity (Wildman–Crippen MR) is 104 cm³/mol. The predicted octanol–water partition coefficient (Wildman–Crippen LogP) is 3.54. The number of carbonyl (C=O) groups excluding carboxylic acids is 1. The normalized spacial score (nSPS) is 17.0. The molecule has 3 aromatic heterocycles. The van der Waals surface area contributed by atoms with E-state index in [0.29, 0.717) is 30.9 Å². The van der Waals surface area contributed by atoms with E-state index in [4.69, 9.17) is 0 Å². The minimum atomic E-state index is -4.50. The molecule has 1 saturated heterocycles. The Labute approximate surface area is 170 Å². The highest BCUT2D eigenvalue weighted by Crippen LogP contribution is 2.36. The molecule has 0 aliphatic carbocycles. The fourth-order valence-corrected chi connectivity index (χ4v) is 3.50. The minimum absolute atomic E-state index is 0.132. The second-order valence-electron chi connectivity index (χ2n) is 7.00. The number of alkyl halides is 3. The van der Waals surface area contributed by atoms with E-state index >= 15 is 0 Å². The molecule has 1 atom stereocenters. The maximum atomic E-state index is 13.3. The molecule has 0 spiro atoms. The molecule has 7 nitrogen and oxygen atoms in total. The molecular formula is C20H19F3N6O.